The van der Waals surface area contributed by atoms with Crippen molar-refractivity contribution in [1.29, 1.82) is 5.26 Å². The van der Waals surface area contributed by atoms with E-state index in [1.165, 1.54) is 16.9 Å². The Labute approximate surface area is 86.3 Å². The number of hydrogen-bond acceptors (Lipinski definition) is 2. The molecule has 0 aromatic carbocycles. The molecule has 5 heteroatoms. The minimum atomic E-state index is -2.74. The van der Waals surface area contributed by atoms with Gasteiger partial charge in [-0.2, -0.15) is 10.4 Å². The molecular weight excluding hydrogens is 200 g/mol. The zero-order chi connectivity index (χ0) is 10.9. The molecular formula is C10H11F2N3. The molecule has 0 spiro atoms. The van der Waals surface area contributed by atoms with E-state index in [2.05, 4.69) is 5.10 Å². The number of nitrogens with zero attached hydrogens (tertiary/aromatic N) is 3. The van der Waals surface area contributed by atoms with Crippen LogP contribution in [0.4, 0.5) is 8.78 Å². The van der Waals surface area contributed by atoms with Crippen LogP contribution in [-0.2, 0) is 0 Å². The predicted octanol–water partition coefficient (Wildman–Crippen LogP) is 2.51. The Balaban J connectivity index is 2.33. The third-order valence-electron chi connectivity index (χ3n) is 2.81. The van der Waals surface area contributed by atoms with E-state index < -0.39 is 12.0 Å². The second-order valence-corrected chi connectivity index (χ2v) is 3.80. The Kier molecular flexibility index (Phi) is 2.43. The van der Waals surface area contributed by atoms with Gasteiger partial charge in [-0.1, -0.05) is 6.42 Å². The van der Waals surface area contributed by atoms with Crippen LogP contribution in [-0.4, -0.2) is 15.7 Å². The van der Waals surface area contributed by atoms with Gasteiger partial charge in [0.05, 0.1) is 6.20 Å². The molecule has 3 nitrogen and oxygen atoms in total. The number of nitriles is 1. The molecule has 1 aliphatic rings. The van der Waals surface area contributed by atoms with Crippen molar-refractivity contribution in [1.82, 2.24) is 9.78 Å². The van der Waals surface area contributed by atoms with Gasteiger partial charge < -0.3 is 0 Å². The Morgan fingerprint density at radius 3 is 3.00 bits per heavy atom. The fourth-order valence-electron chi connectivity index (χ4n) is 2.03. The Morgan fingerprint density at radius 2 is 2.33 bits per heavy atom. The molecule has 15 heavy (non-hydrogen) atoms. The zero-order valence-corrected chi connectivity index (χ0v) is 8.16. The average Bonchev–Trinajstić information content (AvgIpc) is 2.64. The van der Waals surface area contributed by atoms with Crippen LogP contribution in [0.1, 0.15) is 37.4 Å². The van der Waals surface area contributed by atoms with E-state index in [9.17, 15) is 8.78 Å². The molecule has 1 aromatic heterocycles. The van der Waals surface area contributed by atoms with Crippen molar-refractivity contribution in [2.24, 2.45) is 0 Å². The maximum absolute atomic E-state index is 13.6. The fourth-order valence-corrected chi connectivity index (χ4v) is 2.03. The summed E-state index contributed by atoms with van der Waals surface area (Å²) in [5.74, 6) is -2.74. The highest BCUT2D eigenvalue weighted by atomic mass is 19.3. The molecule has 1 saturated carbocycles. The second kappa shape index (κ2) is 3.61. The van der Waals surface area contributed by atoms with Gasteiger partial charge in [-0.05, 0) is 18.9 Å². The van der Waals surface area contributed by atoms with Gasteiger partial charge in [-0.15, -0.1) is 0 Å². The minimum Gasteiger partial charge on any atom is -0.246 e. The summed E-state index contributed by atoms with van der Waals surface area (Å²) < 4.78 is 28.3. The van der Waals surface area contributed by atoms with Gasteiger partial charge in [-0.25, -0.2) is 13.5 Å². The molecule has 2 rings (SSSR count). The van der Waals surface area contributed by atoms with Crippen molar-refractivity contribution in [3.8, 4) is 6.07 Å². The average molecular weight is 211 g/mol. The maximum atomic E-state index is 13.6. The van der Waals surface area contributed by atoms with Gasteiger partial charge in [0.25, 0.3) is 5.92 Å². The first-order chi connectivity index (χ1) is 7.15. The lowest BCUT2D eigenvalue weighted by Crippen LogP contribution is -2.35. The van der Waals surface area contributed by atoms with Crippen molar-refractivity contribution < 1.29 is 8.78 Å². The largest absolute Gasteiger partial charge is 0.270 e. The van der Waals surface area contributed by atoms with Crippen LogP contribution in [0, 0.1) is 11.3 Å². The number of halogens is 2. The highest BCUT2D eigenvalue weighted by molar-refractivity contribution is 5.19. The monoisotopic (exact) mass is 211 g/mol. The maximum Gasteiger partial charge on any atom is 0.270 e. The summed E-state index contributed by atoms with van der Waals surface area (Å²) in [5.41, 5.74) is 0.210. The lowest BCUT2D eigenvalue weighted by Gasteiger charge is -2.31. The molecule has 0 N–H and O–H groups in total. The zero-order valence-electron chi connectivity index (χ0n) is 8.16. The molecule has 0 radical (unpaired) electrons. The van der Waals surface area contributed by atoms with Crippen molar-refractivity contribution in [3.05, 3.63) is 18.0 Å². The quantitative estimate of drug-likeness (QED) is 0.716. The number of alkyl halides is 2. The SMILES string of the molecule is N#Cc1ccnn1C1CCCCC1(F)F. The number of aromatic nitrogens is 2. The molecule has 80 valence electrons. The van der Waals surface area contributed by atoms with E-state index in [0.717, 1.165) is 6.42 Å². The first-order valence-electron chi connectivity index (χ1n) is 4.96. The molecule has 0 saturated heterocycles. The van der Waals surface area contributed by atoms with Crippen LogP contribution in [0.5, 0.6) is 0 Å². The first kappa shape index (κ1) is 10.1. The highest BCUT2D eigenvalue weighted by Crippen LogP contribution is 2.41. The number of rotatable bonds is 1. The Morgan fingerprint density at radius 1 is 1.53 bits per heavy atom. The predicted molar refractivity (Wildman–Crippen MR) is 49.4 cm³/mol. The topological polar surface area (TPSA) is 41.6 Å². The van der Waals surface area contributed by atoms with E-state index in [1.807, 2.05) is 6.07 Å². The van der Waals surface area contributed by atoms with Gasteiger partial charge >= 0.3 is 0 Å². The van der Waals surface area contributed by atoms with E-state index in [1.54, 1.807) is 0 Å². The van der Waals surface area contributed by atoms with Gasteiger partial charge in [0.15, 0.2) is 0 Å². The molecule has 0 bridgehead atoms. The van der Waals surface area contributed by atoms with Crippen LogP contribution < -0.4 is 0 Å². The third kappa shape index (κ3) is 1.72. The second-order valence-electron chi connectivity index (χ2n) is 3.80. The standard InChI is InChI=1S/C10H11F2N3/c11-10(12)5-2-1-3-9(10)15-8(7-13)4-6-14-15/h4,6,9H,1-3,5H2. The van der Waals surface area contributed by atoms with Crippen LogP contribution in [0.2, 0.25) is 0 Å². The van der Waals surface area contributed by atoms with Crippen LogP contribution >= 0.6 is 0 Å². The van der Waals surface area contributed by atoms with Crippen LogP contribution in [0.25, 0.3) is 0 Å². The van der Waals surface area contributed by atoms with E-state index in [0.29, 0.717) is 12.8 Å². The number of hydrogen-bond donors (Lipinski definition) is 0. The smallest absolute Gasteiger partial charge is 0.246 e. The Hall–Kier alpha value is -1.44. The first-order valence-corrected chi connectivity index (χ1v) is 4.96. The summed E-state index contributed by atoms with van der Waals surface area (Å²) in [5, 5.41) is 12.6. The molecule has 1 atom stereocenters. The van der Waals surface area contributed by atoms with Crippen molar-refractivity contribution >= 4 is 0 Å². The summed E-state index contributed by atoms with van der Waals surface area (Å²) in [6.45, 7) is 0. The van der Waals surface area contributed by atoms with Crippen molar-refractivity contribution in [3.63, 3.8) is 0 Å². The van der Waals surface area contributed by atoms with Gasteiger partial charge in [-0.3, -0.25) is 0 Å². The van der Waals surface area contributed by atoms with Gasteiger partial charge in [0.2, 0.25) is 0 Å². The van der Waals surface area contributed by atoms with E-state index >= 15 is 0 Å². The van der Waals surface area contributed by atoms with Gasteiger partial charge in [0.1, 0.15) is 17.8 Å². The lowest BCUT2D eigenvalue weighted by atomic mass is 9.91. The minimum absolute atomic E-state index is 0.109. The molecule has 1 aromatic rings. The molecule has 1 unspecified atom stereocenters. The summed E-state index contributed by atoms with van der Waals surface area (Å²) in [6, 6.07) is 2.39. The molecule has 1 fully saturated rings. The van der Waals surface area contributed by atoms with E-state index in [4.69, 9.17) is 5.26 Å². The lowest BCUT2D eigenvalue weighted by molar-refractivity contribution is -0.0821. The van der Waals surface area contributed by atoms with Gasteiger partial charge in [0, 0.05) is 6.42 Å². The van der Waals surface area contributed by atoms with Crippen molar-refractivity contribution in [2.75, 3.05) is 0 Å². The fraction of sp³-hybridized carbons (Fsp3) is 0.600. The molecule has 0 aliphatic heterocycles. The van der Waals surface area contributed by atoms with Crippen LogP contribution in [0.3, 0.4) is 0 Å². The summed E-state index contributed by atoms with van der Waals surface area (Å²) >= 11 is 0. The van der Waals surface area contributed by atoms with Crippen molar-refractivity contribution in [2.45, 2.75) is 37.6 Å². The molecule has 1 aliphatic carbocycles. The summed E-state index contributed by atoms with van der Waals surface area (Å²) in [7, 11) is 0. The highest BCUT2D eigenvalue weighted by Gasteiger charge is 2.43. The summed E-state index contributed by atoms with van der Waals surface area (Å²) in [4.78, 5) is 0. The van der Waals surface area contributed by atoms with E-state index in [-0.39, 0.29) is 12.1 Å². The van der Waals surface area contributed by atoms with Crippen LogP contribution in [0.15, 0.2) is 12.3 Å². The normalized spacial score (nSPS) is 24.7. The molecule has 1 heterocycles. The summed E-state index contributed by atoms with van der Waals surface area (Å²) in [6.07, 6.45) is 2.99. The Bertz CT molecular complexity index is 392. The molecule has 0 amide bonds. The third-order valence-corrected chi connectivity index (χ3v) is 2.81.